The van der Waals surface area contributed by atoms with E-state index in [1.807, 2.05) is 18.2 Å². The van der Waals surface area contributed by atoms with Crippen molar-refractivity contribution in [2.45, 2.75) is 5.75 Å². The Hall–Kier alpha value is -2.98. The number of nitriles is 1. The number of hydrogen-bond donors (Lipinski definition) is 2. The molecule has 0 atom stereocenters. The molecule has 2 amide bonds. The van der Waals surface area contributed by atoms with Crippen LogP contribution in [0.3, 0.4) is 0 Å². The first-order valence-corrected chi connectivity index (χ1v) is 9.10. The SMILES string of the molecule is N#Cc1ccccc1CSCCNC(=O)COc1ccc(C(N)=O)cc1. The van der Waals surface area contributed by atoms with Gasteiger partial charge in [0.2, 0.25) is 5.91 Å². The number of primary amides is 1. The maximum Gasteiger partial charge on any atom is 0.257 e. The second kappa shape index (κ2) is 10.1. The molecule has 0 aromatic heterocycles. The van der Waals surface area contributed by atoms with E-state index < -0.39 is 5.91 Å². The van der Waals surface area contributed by atoms with Gasteiger partial charge in [-0.25, -0.2) is 0 Å². The van der Waals surface area contributed by atoms with Crippen molar-refractivity contribution in [2.24, 2.45) is 5.73 Å². The standard InChI is InChI=1S/C19H19N3O3S/c20-11-15-3-1-2-4-16(15)13-26-10-9-22-18(23)12-25-17-7-5-14(6-8-17)19(21)24/h1-8H,9-10,12-13H2,(H2,21,24)(H,22,23). The molecule has 0 heterocycles. The maximum absolute atomic E-state index is 11.8. The summed E-state index contributed by atoms with van der Waals surface area (Å²) in [5, 5.41) is 11.8. The largest absolute Gasteiger partial charge is 0.484 e. The Morgan fingerprint density at radius 2 is 1.88 bits per heavy atom. The van der Waals surface area contributed by atoms with Crippen LogP contribution in [0.15, 0.2) is 48.5 Å². The number of amides is 2. The van der Waals surface area contributed by atoms with Crippen molar-refractivity contribution < 1.29 is 14.3 Å². The zero-order chi connectivity index (χ0) is 18.8. The van der Waals surface area contributed by atoms with E-state index in [0.29, 0.717) is 23.4 Å². The van der Waals surface area contributed by atoms with Crippen LogP contribution in [0.5, 0.6) is 5.75 Å². The number of carbonyl (C=O) groups is 2. The molecule has 0 aliphatic rings. The van der Waals surface area contributed by atoms with Gasteiger partial charge in [-0.1, -0.05) is 18.2 Å². The highest BCUT2D eigenvalue weighted by atomic mass is 32.2. The topological polar surface area (TPSA) is 105 Å². The molecule has 6 nitrogen and oxygen atoms in total. The van der Waals surface area contributed by atoms with Crippen LogP contribution in [0.1, 0.15) is 21.5 Å². The Morgan fingerprint density at radius 3 is 2.58 bits per heavy atom. The second-order valence-corrected chi connectivity index (χ2v) is 6.45. The van der Waals surface area contributed by atoms with E-state index in [1.54, 1.807) is 42.1 Å². The minimum absolute atomic E-state index is 0.0994. The van der Waals surface area contributed by atoms with Gasteiger partial charge in [-0.3, -0.25) is 9.59 Å². The van der Waals surface area contributed by atoms with Crippen LogP contribution >= 0.6 is 11.8 Å². The summed E-state index contributed by atoms with van der Waals surface area (Å²) in [7, 11) is 0. The average molecular weight is 369 g/mol. The molecule has 0 bridgehead atoms. The lowest BCUT2D eigenvalue weighted by molar-refractivity contribution is -0.122. The first-order valence-electron chi connectivity index (χ1n) is 7.95. The summed E-state index contributed by atoms with van der Waals surface area (Å²) in [4.78, 5) is 22.7. The minimum Gasteiger partial charge on any atom is -0.484 e. The molecule has 0 aliphatic carbocycles. The molecule has 0 unspecified atom stereocenters. The van der Waals surface area contributed by atoms with Crippen LogP contribution in [-0.4, -0.2) is 30.7 Å². The Balaban J connectivity index is 1.63. The molecule has 2 aromatic carbocycles. The highest BCUT2D eigenvalue weighted by Crippen LogP contribution is 2.15. The first-order chi connectivity index (χ1) is 12.6. The molecule has 0 spiro atoms. The van der Waals surface area contributed by atoms with Crippen molar-refractivity contribution in [1.82, 2.24) is 5.32 Å². The molecule has 0 aliphatic heterocycles. The van der Waals surface area contributed by atoms with Gasteiger partial charge in [0.05, 0.1) is 11.6 Å². The number of benzene rings is 2. The number of nitrogens with one attached hydrogen (secondary N) is 1. The molecular weight excluding hydrogens is 350 g/mol. The highest BCUT2D eigenvalue weighted by molar-refractivity contribution is 7.98. The van der Waals surface area contributed by atoms with E-state index in [0.717, 1.165) is 17.1 Å². The quantitative estimate of drug-likeness (QED) is 0.659. The van der Waals surface area contributed by atoms with Crippen molar-refractivity contribution in [2.75, 3.05) is 18.9 Å². The van der Waals surface area contributed by atoms with Crippen molar-refractivity contribution in [3.8, 4) is 11.8 Å². The summed E-state index contributed by atoms with van der Waals surface area (Å²) < 4.78 is 5.35. The summed E-state index contributed by atoms with van der Waals surface area (Å²) in [6.07, 6.45) is 0. The smallest absolute Gasteiger partial charge is 0.257 e. The van der Waals surface area contributed by atoms with Crippen LogP contribution in [0.2, 0.25) is 0 Å². The molecule has 134 valence electrons. The van der Waals surface area contributed by atoms with Crippen LogP contribution in [0.4, 0.5) is 0 Å². The van der Waals surface area contributed by atoms with Gasteiger partial charge in [0, 0.05) is 23.6 Å². The number of rotatable bonds is 9. The Kier molecular flexibility index (Phi) is 7.52. The predicted octanol–water partition coefficient (Wildman–Crippen LogP) is 2.09. The van der Waals surface area contributed by atoms with E-state index in [2.05, 4.69) is 11.4 Å². The summed E-state index contributed by atoms with van der Waals surface area (Å²) >= 11 is 1.65. The van der Waals surface area contributed by atoms with Gasteiger partial charge in [0.25, 0.3) is 5.91 Å². The van der Waals surface area contributed by atoms with E-state index in [4.69, 9.17) is 15.7 Å². The van der Waals surface area contributed by atoms with E-state index in [1.165, 1.54) is 0 Å². The fourth-order valence-electron chi connectivity index (χ4n) is 2.12. The highest BCUT2D eigenvalue weighted by Gasteiger charge is 2.05. The van der Waals surface area contributed by atoms with Crippen LogP contribution < -0.4 is 15.8 Å². The monoisotopic (exact) mass is 369 g/mol. The normalized spacial score (nSPS) is 9.96. The van der Waals surface area contributed by atoms with Crippen molar-refractivity contribution >= 4 is 23.6 Å². The van der Waals surface area contributed by atoms with Gasteiger partial charge in [-0.2, -0.15) is 17.0 Å². The van der Waals surface area contributed by atoms with Crippen molar-refractivity contribution in [3.05, 3.63) is 65.2 Å². The first kappa shape index (κ1) is 19.3. The van der Waals surface area contributed by atoms with Gasteiger partial charge >= 0.3 is 0 Å². The molecule has 2 rings (SSSR count). The fraction of sp³-hybridized carbons (Fsp3) is 0.211. The van der Waals surface area contributed by atoms with E-state index >= 15 is 0 Å². The zero-order valence-electron chi connectivity index (χ0n) is 14.1. The van der Waals surface area contributed by atoms with E-state index in [-0.39, 0.29) is 12.5 Å². The number of carbonyl (C=O) groups excluding carboxylic acids is 2. The van der Waals surface area contributed by atoms with Crippen LogP contribution in [0.25, 0.3) is 0 Å². The molecule has 26 heavy (non-hydrogen) atoms. The summed E-state index contributed by atoms with van der Waals surface area (Å²) in [5.41, 5.74) is 7.22. The Bertz CT molecular complexity index is 800. The third kappa shape index (κ3) is 6.15. The van der Waals surface area contributed by atoms with Crippen molar-refractivity contribution in [3.63, 3.8) is 0 Å². The third-order valence-corrected chi connectivity index (χ3v) is 4.48. The molecular formula is C19H19N3O3S. The van der Waals surface area contributed by atoms with Gasteiger partial charge in [-0.05, 0) is 35.9 Å². The number of ether oxygens (including phenoxy) is 1. The number of nitrogens with two attached hydrogens (primary N) is 1. The van der Waals surface area contributed by atoms with Crippen molar-refractivity contribution in [1.29, 1.82) is 5.26 Å². The Morgan fingerprint density at radius 1 is 1.15 bits per heavy atom. The average Bonchev–Trinajstić information content (AvgIpc) is 2.66. The molecule has 3 N–H and O–H groups in total. The van der Waals surface area contributed by atoms with Gasteiger partial charge < -0.3 is 15.8 Å². The Labute approximate surface area is 156 Å². The third-order valence-electron chi connectivity index (χ3n) is 3.47. The molecule has 2 aromatic rings. The summed E-state index contributed by atoms with van der Waals surface area (Å²) in [6, 6.07) is 15.9. The van der Waals surface area contributed by atoms with E-state index in [9.17, 15) is 9.59 Å². The maximum atomic E-state index is 11.8. The lowest BCUT2D eigenvalue weighted by Gasteiger charge is -2.08. The van der Waals surface area contributed by atoms with Crippen LogP contribution in [0, 0.1) is 11.3 Å². The number of hydrogen-bond acceptors (Lipinski definition) is 5. The molecule has 0 saturated heterocycles. The molecule has 0 saturated carbocycles. The molecule has 0 radical (unpaired) electrons. The minimum atomic E-state index is -0.510. The predicted molar refractivity (Wildman–Crippen MR) is 101 cm³/mol. The molecule has 7 heteroatoms. The van der Waals surface area contributed by atoms with Crippen LogP contribution in [-0.2, 0) is 10.5 Å². The second-order valence-electron chi connectivity index (χ2n) is 5.35. The summed E-state index contributed by atoms with van der Waals surface area (Å²) in [6.45, 7) is 0.417. The molecule has 0 fully saturated rings. The van der Waals surface area contributed by atoms with Gasteiger partial charge in [-0.15, -0.1) is 0 Å². The van der Waals surface area contributed by atoms with Gasteiger partial charge in [0.15, 0.2) is 6.61 Å². The number of nitrogens with zero attached hydrogens (tertiary/aromatic N) is 1. The lowest BCUT2D eigenvalue weighted by Crippen LogP contribution is -2.30. The summed E-state index contributed by atoms with van der Waals surface area (Å²) in [5.74, 6) is 1.22. The fourth-order valence-corrected chi connectivity index (χ4v) is 2.98. The number of thioether (sulfide) groups is 1. The van der Waals surface area contributed by atoms with Gasteiger partial charge in [0.1, 0.15) is 5.75 Å². The lowest BCUT2D eigenvalue weighted by atomic mass is 10.1. The zero-order valence-corrected chi connectivity index (χ0v) is 14.9.